The van der Waals surface area contributed by atoms with Gasteiger partial charge in [-0.05, 0) is 38.0 Å². The highest BCUT2D eigenvalue weighted by atomic mass is 16.4. The molecule has 0 aliphatic heterocycles. The first-order valence-electron chi connectivity index (χ1n) is 6.64. The quantitative estimate of drug-likeness (QED) is 0.692. The molecule has 2 aliphatic rings. The van der Waals surface area contributed by atoms with Gasteiger partial charge < -0.3 is 15.5 Å². The summed E-state index contributed by atoms with van der Waals surface area (Å²) in [5.41, 5.74) is -0.796. The second-order valence-electron chi connectivity index (χ2n) is 5.91. The summed E-state index contributed by atoms with van der Waals surface area (Å²) in [7, 11) is 0. The fourth-order valence-corrected chi connectivity index (χ4v) is 2.62. The molecule has 0 aromatic rings. The standard InChI is InChI=1S/C13H21NO4/c1-8-2-4-13(18,5-3-8)7-14-11(15)9-6-10(9)12(16)17/h8-10,18H,2-7H2,1H3,(H,14,15)(H,16,17)/t8?,9-,10+,13?/m1/s1. The van der Waals surface area contributed by atoms with Gasteiger partial charge in [0.15, 0.2) is 0 Å². The normalized spacial score (nSPS) is 39.1. The number of carbonyl (C=O) groups excluding carboxylic acids is 1. The molecule has 0 bridgehead atoms. The highest BCUT2D eigenvalue weighted by Crippen LogP contribution is 2.39. The van der Waals surface area contributed by atoms with Crippen LogP contribution >= 0.6 is 0 Å². The summed E-state index contributed by atoms with van der Waals surface area (Å²) in [5.74, 6) is -1.41. The third-order valence-electron chi connectivity index (χ3n) is 4.24. The minimum absolute atomic E-state index is 0.227. The van der Waals surface area contributed by atoms with E-state index < -0.39 is 23.4 Å². The molecule has 2 rings (SSSR count). The maximum atomic E-state index is 11.7. The largest absolute Gasteiger partial charge is 0.481 e. The van der Waals surface area contributed by atoms with Crippen LogP contribution in [-0.2, 0) is 9.59 Å². The van der Waals surface area contributed by atoms with E-state index in [1.54, 1.807) is 0 Å². The molecule has 102 valence electrons. The van der Waals surface area contributed by atoms with E-state index in [2.05, 4.69) is 12.2 Å². The van der Waals surface area contributed by atoms with Crippen LogP contribution in [0.5, 0.6) is 0 Å². The van der Waals surface area contributed by atoms with Crippen LogP contribution in [0.25, 0.3) is 0 Å². The van der Waals surface area contributed by atoms with E-state index in [9.17, 15) is 14.7 Å². The van der Waals surface area contributed by atoms with Crippen molar-refractivity contribution in [2.45, 2.75) is 44.6 Å². The van der Waals surface area contributed by atoms with E-state index in [1.807, 2.05) is 0 Å². The number of aliphatic hydroxyl groups is 1. The number of rotatable bonds is 4. The molecular formula is C13H21NO4. The van der Waals surface area contributed by atoms with Crippen molar-refractivity contribution in [3.05, 3.63) is 0 Å². The van der Waals surface area contributed by atoms with Gasteiger partial charge in [0.05, 0.1) is 17.4 Å². The Hall–Kier alpha value is -1.10. The number of hydrogen-bond donors (Lipinski definition) is 3. The van der Waals surface area contributed by atoms with Gasteiger partial charge in [0.25, 0.3) is 0 Å². The molecule has 2 aliphatic carbocycles. The van der Waals surface area contributed by atoms with Gasteiger partial charge in [0.2, 0.25) is 5.91 Å². The number of nitrogens with one attached hydrogen (secondary N) is 1. The van der Waals surface area contributed by atoms with Gasteiger partial charge in [0.1, 0.15) is 0 Å². The summed E-state index contributed by atoms with van der Waals surface area (Å²) in [4.78, 5) is 22.3. The summed E-state index contributed by atoms with van der Waals surface area (Å²) in [6, 6.07) is 0. The summed E-state index contributed by atoms with van der Waals surface area (Å²) in [5, 5.41) is 21.7. The Morgan fingerprint density at radius 2 is 1.89 bits per heavy atom. The van der Waals surface area contributed by atoms with Crippen molar-refractivity contribution in [1.29, 1.82) is 0 Å². The van der Waals surface area contributed by atoms with Gasteiger partial charge in [-0.25, -0.2) is 0 Å². The average molecular weight is 255 g/mol. The highest BCUT2D eigenvalue weighted by molar-refractivity contribution is 5.89. The Balaban J connectivity index is 1.75. The summed E-state index contributed by atoms with van der Waals surface area (Å²) in [6.07, 6.45) is 3.81. The second kappa shape index (κ2) is 4.88. The third kappa shape index (κ3) is 3.02. The van der Waals surface area contributed by atoms with Crippen LogP contribution < -0.4 is 5.32 Å². The predicted molar refractivity (Wildman–Crippen MR) is 64.8 cm³/mol. The van der Waals surface area contributed by atoms with Crippen LogP contribution in [0, 0.1) is 17.8 Å². The van der Waals surface area contributed by atoms with Gasteiger partial charge in [0, 0.05) is 6.54 Å². The smallest absolute Gasteiger partial charge is 0.307 e. The fraction of sp³-hybridized carbons (Fsp3) is 0.846. The fourth-order valence-electron chi connectivity index (χ4n) is 2.62. The molecule has 5 nitrogen and oxygen atoms in total. The van der Waals surface area contributed by atoms with Crippen LogP contribution in [-0.4, -0.2) is 34.2 Å². The molecule has 0 spiro atoms. The number of carboxylic acid groups (broad SMARTS) is 1. The molecule has 1 amide bonds. The average Bonchev–Trinajstić information content (AvgIpc) is 3.11. The number of carbonyl (C=O) groups is 2. The van der Waals surface area contributed by atoms with Crippen molar-refractivity contribution in [2.75, 3.05) is 6.54 Å². The minimum Gasteiger partial charge on any atom is -0.481 e. The lowest BCUT2D eigenvalue weighted by Crippen LogP contribution is -2.45. The Labute approximate surface area is 107 Å². The van der Waals surface area contributed by atoms with Gasteiger partial charge in [-0.15, -0.1) is 0 Å². The second-order valence-corrected chi connectivity index (χ2v) is 5.91. The molecule has 0 saturated heterocycles. The van der Waals surface area contributed by atoms with Crippen molar-refractivity contribution in [3.63, 3.8) is 0 Å². The number of amides is 1. The monoisotopic (exact) mass is 255 g/mol. The summed E-state index contributed by atoms with van der Waals surface area (Å²) in [6.45, 7) is 2.42. The molecule has 0 unspecified atom stereocenters. The molecule has 3 N–H and O–H groups in total. The topological polar surface area (TPSA) is 86.6 Å². The minimum atomic E-state index is -0.902. The molecule has 18 heavy (non-hydrogen) atoms. The summed E-state index contributed by atoms with van der Waals surface area (Å²) < 4.78 is 0. The maximum Gasteiger partial charge on any atom is 0.307 e. The Morgan fingerprint density at radius 1 is 1.28 bits per heavy atom. The number of carboxylic acids is 1. The van der Waals surface area contributed by atoms with E-state index in [-0.39, 0.29) is 12.5 Å². The van der Waals surface area contributed by atoms with Gasteiger partial charge >= 0.3 is 5.97 Å². The Bertz CT molecular complexity index is 347. The van der Waals surface area contributed by atoms with E-state index in [0.29, 0.717) is 25.2 Å². The number of aliphatic carboxylic acids is 1. The van der Waals surface area contributed by atoms with Crippen LogP contribution in [0.1, 0.15) is 39.0 Å². The van der Waals surface area contributed by atoms with E-state index in [0.717, 1.165) is 12.8 Å². The molecule has 2 fully saturated rings. The lowest BCUT2D eigenvalue weighted by molar-refractivity contribution is -0.140. The van der Waals surface area contributed by atoms with Crippen LogP contribution in [0.15, 0.2) is 0 Å². The zero-order valence-electron chi connectivity index (χ0n) is 10.7. The zero-order chi connectivity index (χ0) is 13.3. The SMILES string of the molecule is CC1CCC(O)(CNC(=O)[C@@H]2C[C@@H]2C(=O)O)CC1. The summed E-state index contributed by atoms with van der Waals surface area (Å²) >= 11 is 0. The van der Waals surface area contributed by atoms with E-state index in [4.69, 9.17) is 5.11 Å². The van der Waals surface area contributed by atoms with Crippen molar-refractivity contribution < 1.29 is 19.8 Å². The number of hydrogen-bond acceptors (Lipinski definition) is 3. The molecule has 0 radical (unpaired) electrons. The first-order chi connectivity index (χ1) is 8.41. The Morgan fingerprint density at radius 3 is 2.39 bits per heavy atom. The first kappa shape index (κ1) is 13.3. The maximum absolute atomic E-state index is 11.7. The van der Waals surface area contributed by atoms with Gasteiger partial charge in [-0.1, -0.05) is 6.92 Å². The highest BCUT2D eigenvalue weighted by Gasteiger charge is 2.48. The van der Waals surface area contributed by atoms with Crippen LogP contribution in [0.3, 0.4) is 0 Å². The van der Waals surface area contributed by atoms with E-state index in [1.165, 1.54) is 0 Å². The molecule has 0 aromatic heterocycles. The zero-order valence-corrected chi connectivity index (χ0v) is 10.7. The molecule has 0 aromatic carbocycles. The van der Waals surface area contributed by atoms with Crippen molar-refractivity contribution in [3.8, 4) is 0 Å². The molecule has 0 heterocycles. The Kier molecular flexibility index (Phi) is 3.61. The van der Waals surface area contributed by atoms with Gasteiger partial charge in [-0.3, -0.25) is 9.59 Å². The molecule has 5 heteroatoms. The van der Waals surface area contributed by atoms with Crippen molar-refractivity contribution in [1.82, 2.24) is 5.32 Å². The lowest BCUT2D eigenvalue weighted by atomic mass is 9.79. The van der Waals surface area contributed by atoms with Crippen molar-refractivity contribution >= 4 is 11.9 Å². The van der Waals surface area contributed by atoms with Crippen LogP contribution in [0.2, 0.25) is 0 Å². The lowest BCUT2D eigenvalue weighted by Gasteiger charge is -2.34. The van der Waals surface area contributed by atoms with Crippen LogP contribution in [0.4, 0.5) is 0 Å². The molecular weight excluding hydrogens is 234 g/mol. The van der Waals surface area contributed by atoms with Crippen molar-refractivity contribution in [2.24, 2.45) is 17.8 Å². The molecule has 2 saturated carbocycles. The molecule has 2 atom stereocenters. The predicted octanol–water partition coefficient (Wildman–Crippen LogP) is 0.764. The van der Waals surface area contributed by atoms with E-state index >= 15 is 0 Å². The third-order valence-corrected chi connectivity index (χ3v) is 4.24. The first-order valence-corrected chi connectivity index (χ1v) is 6.64. The van der Waals surface area contributed by atoms with Gasteiger partial charge in [-0.2, -0.15) is 0 Å².